The Morgan fingerprint density at radius 3 is 2.23 bits per heavy atom. The van der Waals surface area contributed by atoms with E-state index in [1.807, 2.05) is 72.8 Å². The highest BCUT2D eigenvalue weighted by atomic mass is 32.2. The lowest BCUT2D eigenvalue weighted by Crippen LogP contribution is -2.37. The number of sulfonamides is 1. The molecule has 31 heavy (non-hydrogen) atoms. The highest BCUT2D eigenvalue weighted by molar-refractivity contribution is 7.93. The lowest BCUT2D eigenvalue weighted by atomic mass is 10.1. The van der Waals surface area contributed by atoms with Crippen molar-refractivity contribution in [2.45, 2.75) is 11.0 Å². The number of benzene rings is 4. The molecule has 0 saturated heterocycles. The zero-order valence-corrected chi connectivity index (χ0v) is 17.5. The number of anilines is 1. The van der Waals surface area contributed by atoms with Crippen LogP contribution in [0, 0.1) is 0 Å². The highest BCUT2D eigenvalue weighted by Crippen LogP contribution is 2.41. The topological polar surface area (TPSA) is 66.8 Å². The maximum atomic E-state index is 13.0. The molecule has 4 aromatic rings. The van der Waals surface area contributed by atoms with E-state index < -0.39 is 16.1 Å². The molecule has 0 spiro atoms. The second kappa shape index (κ2) is 7.72. The van der Waals surface area contributed by atoms with Crippen LogP contribution in [0.1, 0.15) is 0 Å². The fourth-order valence-electron chi connectivity index (χ4n) is 3.97. The van der Waals surface area contributed by atoms with Gasteiger partial charge in [0, 0.05) is 5.39 Å². The largest absolute Gasteiger partial charge is 0.491 e. The van der Waals surface area contributed by atoms with E-state index in [0.29, 0.717) is 16.8 Å². The molecule has 5 nitrogen and oxygen atoms in total. The standard InChI is InChI=1S/C25H21NO4S/c27-21(17-30-22-14-12-19(13-15-22)18-6-2-1-3-7-18)16-26-23-10-4-8-20-9-5-11-24(25(20)23)31(26,28)29/h1-15,21,27H,16-17H2/t21-/m0/s1. The summed E-state index contributed by atoms with van der Waals surface area (Å²) < 4.78 is 33.0. The first kappa shape index (κ1) is 19.6. The number of rotatable bonds is 6. The van der Waals surface area contributed by atoms with Gasteiger partial charge < -0.3 is 9.84 Å². The third-order valence-corrected chi connectivity index (χ3v) is 7.28. The first-order valence-electron chi connectivity index (χ1n) is 10.0. The number of ether oxygens (including phenoxy) is 1. The van der Waals surface area contributed by atoms with Crippen molar-refractivity contribution in [1.29, 1.82) is 0 Å². The molecule has 1 N–H and O–H groups in total. The third-order valence-electron chi connectivity index (χ3n) is 5.46. The minimum atomic E-state index is -3.69. The average molecular weight is 432 g/mol. The van der Waals surface area contributed by atoms with E-state index in [2.05, 4.69) is 0 Å². The Balaban J connectivity index is 1.28. The average Bonchev–Trinajstić information content (AvgIpc) is 3.02. The molecule has 0 bridgehead atoms. The maximum absolute atomic E-state index is 13.0. The fourth-order valence-corrected chi connectivity index (χ4v) is 5.71. The van der Waals surface area contributed by atoms with Gasteiger partial charge in [0.1, 0.15) is 18.5 Å². The molecule has 0 radical (unpaired) electrons. The first-order chi connectivity index (χ1) is 15.0. The number of aliphatic hydroxyl groups excluding tert-OH is 1. The molecule has 1 aliphatic heterocycles. The summed E-state index contributed by atoms with van der Waals surface area (Å²) >= 11 is 0. The summed E-state index contributed by atoms with van der Waals surface area (Å²) in [5, 5.41) is 12.1. The van der Waals surface area contributed by atoms with E-state index in [-0.39, 0.29) is 18.0 Å². The molecule has 4 aromatic carbocycles. The number of aliphatic hydroxyl groups is 1. The van der Waals surface area contributed by atoms with Crippen LogP contribution in [-0.4, -0.2) is 32.8 Å². The number of β-amino-alcohol motifs (C(OH)–C–C–N with tert-alkyl or cyclic N) is 1. The molecule has 0 unspecified atom stereocenters. The van der Waals surface area contributed by atoms with Crippen LogP contribution in [0.4, 0.5) is 5.69 Å². The lowest BCUT2D eigenvalue weighted by molar-refractivity contribution is 0.115. The molecule has 5 rings (SSSR count). The second-order valence-electron chi connectivity index (χ2n) is 7.52. The molecule has 1 heterocycles. The van der Waals surface area contributed by atoms with Crippen LogP contribution in [-0.2, 0) is 10.0 Å². The first-order valence-corrected chi connectivity index (χ1v) is 11.5. The molecule has 1 atom stereocenters. The summed E-state index contributed by atoms with van der Waals surface area (Å²) in [7, 11) is -3.69. The predicted molar refractivity (Wildman–Crippen MR) is 122 cm³/mol. The van der Waals surface area contributed by atoms with Gasteiger partial charge in [0.2, 0.25) is 0 Å². The summed E-state index contributed by atoms with van der Waals surface area (Å²) in [5.41, 5.74) is 2.78. The third kappa shape index (κ3) is 3.54. The van der Waals surface area contributed by atoms with E-state index in [1.165, 1.54) is 4.31 Å². The van der Waals surface area contributed by atoms with Gasteiger partial charge in [-0.15, -0.1) is 0 Å². The maximum Gasteiger partial charge on any atom is 0.265 e. The lowest BCUT2D eigenvalue weighted by Gasteiger charge is -2.22. The molecule has 0 aromatic heterocycles. The Hall–Kier alpha value is -3.35. The number of nitrogens with zero attached hydrogens (tertiary/aromatic N) is 1. The summed E-state index contributed by atoms with van der Waals surface area (Å²) in [5.74, 6) is 0.619. The Labute approximate surface area is 181 Å². The normalized spacial score (nSPS) is 15.2. The van der Waals surface area contributed by atoms with Crippen molar-refractivity contribution in [2.24, 2.45) is 0 Å². The van der Waals surface area contributed by atoms with Gasteiger partial charge in [-0.1, -0.05) is 66.7 Å². The monoisotopic (exact) mass is 431 g/mol. The Morgan fingerprint density at radius 1 is 0.806 bits per heavy atom. The Kier molecular flexibility index (Phi) is 4.88. The SMILES string of the molecule is O=S1(=O)c2cccc3cccc(c23)N1C[C@H](O)COc1ccc(-c2ccccc2)cc1. The van der Waals surface area contributed by atoms with Gasteiger partial charge >= 0.3 is 0 Å². The van der Waals surface area contributed by atoms with Crippen molar-refractivity contribution in [3.8, 4) is 16.9 Å². The predicted octanol–water partition coefficient (Wildman–Crippen LogP) is 4.46. The second-order valence-corrected chi connectivity index (χ2v) is 9.35. The van der Waals surface area contributed by atoms with Crippen molar-refractivity contribution in [3.05, 3.63) is 91.0 Å². The zero-order chi connectivity index (χ0) is 21.4. The fraction of sp³-hybridized carbons (Fsp3) is 0.120. The minimum absolute atomic E-state index is 0.0109. The van der Waals surface area contributed by atoms with E-state index >= 15 is 0 Å². The number of hydrogen-bond acceptors (Lipinski definition) is 4. The molecule has 0 saturated carbocycles. The Bertz CT molecular complexity index is 1330. The summed E-state index contributed by atoms with van der Waals surface area (Å²) in [6.45, 7) is -0.0821. The van der Waals surface area contributed by atoms with Gasteiger partial charge in [0.25, 0.3) is 10.0 Å². The smallest absolute Gasteiger partial charge is 0.265 e. The summed E-state index contributed by atoms with van der Waals surface area (Å²) in [6, 6.07) is 28.3. The van der Waals surface area contributed by atoms with Crippen LogP contribution in [0.3, 0.4) is 0 Å². The molecular formula is C25H21NO4S. The van der Waals surface area contributed by atoms with Crippen molar-refractivity contribution >= 4 is 26.5 Å². The van der Waals surface area contributed by atoms with Crippen molar-refractivity contribution < 1.29 is 18.3 Å². The van der Waals surface area contributed by atoms with Crippen LogP contribution < -0.4 is 9.04 Å². The van der Waals surface area contributed by atoms with Gasteiger partial charge in [-0.25, -0.2) is 8.42 Å². The van der Waals surface area contributed by atoms with Crippen molar-refractivity contribution in [1.82, 2.24) is 0 Å². The summed E-state index contributed by atoms with van der Waals surface area (Å²) in [6.07, 6.45) is -0.979. The van der Waals surface area contributed by atoms with Crippen LogP contribution in [0.15, 0.2) is 95.9 Å². The van der Waals surface area contributed by atoms with E-state index in [0.717, 1.165) is 16.5 Å². The van der Waals surface area contributed by atoms with Gasteiger partial charge in [0.05, 0.1) is 17.1 Å². The summed E-state index contributed by atoms with van der Waals surface area (Å²) in [4.78, 5) is 0.283. The van der Waals surface area contributed by atoms with E-state index in [9.17, 15) is 13.5 Å². The molecule has 1 aliphatic rings. The van der Waals surface area contributed by atoms with E-state index in [1.54, 1.807) is 18.2 Å². The minimum Gasteiger partial charge on any atom is -0.491 e. The van der Waals surface area contributed by atoms with Gasteiger partial charge in [-0.05, 0) is 40.8 Å². The quantitative estimate of drug-likeness (QED) is 0.490. The van der Waals surface area contributed by atoms with Crippen LogP contribution in [0.2, 0.25) is 0 Å². The van der Waals surface area contributed by atoms with Crippen LogP contribution in [0.5, 0.6) is 5.75 Å². The highest BCUT2D eigenvalue weighted by Gasteiger charge is 2.36. The molecular weight excluding hydrogens is 410 g/mol. The molecule has 0 amide bonds. The van der Waals surface area contributed by atoms with Crippen molar-refractivity contribution in [2.75, 3.05) is 17.5 Å². The van der Waals surface area contributed by atoms with E-state index in [4.69, 9.17) is 4.74 Å². The van der Waals surface area contributed by atoms with Crippen LogP contribution in [0.25, 0.3) is 21.9 Å². The molecule has 0 aliphatic carbocycles. The molecule has 0 fully saturated rings. The van der Waals surface area contributed by atoms with Gasteiger partial charge in [-0.2, -0.15) is 0 Å². The van der Waals surface area contributed by atoms with Gasteiger partial charge in [-0.3, -0.25) is 4.31 Å². The van der Waals surface area contributed by atoms with Crippen LogP contribution >= 0.6 is 0 Å². The number of hydrogen-bond donors (Lipinski definition) is 1. The van der Waals surface area contributed by atoms with Crippen molar-refractivity contribution in [3.63, 3.8) is 0 Å². The van der Waals surface area contributed by atoms with Gasteiger partial charge in [0.15, 0.2) is 0 Å². The molecule has 6 heteroatoms. The Morgan fingerprint density at radius 2 is 1.48 bits per heavy atom. The zero-order valence-electron chi connectivity index (χ0n) is 16.7. The molecule has 156 valence electrons.